The Morgan fingerprint density at radius 3 is 2.20 bits per heavy atom. The number of rotatable bonds is 10. The van der Waals surface area contributed by atoms with E-state index in [2.05, 4.69) is 24.1 Å². The lowest BCUT2D eigenvalue weighted by molar-refractivity contribution is -0.130. The highest BCUT2D eigenvalue weighted by Gasteiger charge is 2.58. The Morgan fingerprint density at radius 1 is 1.05 bits per heavy atom. The third-order valence-corrected chi connectivity index (χ3v) is 4.88. The second-order valence-corrected chi connectivity index (χ2v) is 6.62. The van der Waals surface area contributed by atoms with Crippen LogP contribution in [-0.2, 0) is 4.79 Å². The topological polar surface area (TPSA) is 32.3 Å². The Morgan fingerprint density at radius 2 is 1.65 bits per heavy atom. The van der Waals surface area contributed by atoms with Crippen LogP contribution < -0.4 is 5.32 Å². The monoisotopic (exact) mass is 280 g/mol. The Bertz CT molecular complexity index is 312. The van der Waals surface area contributed by atoms with E-state index in [0.717, 1.165) is 25.8 Å². The summed E-state index contributed by atoms with van der Waals surface area (Å²) in [6.07, 6.45) is 14.1. The van der Waals surface area contributed by atoms with Crippen LogP contribution in [0.4, 0.5) is 0 Å². The molecule has 1 spiro atoms. The predicted octanol–water partition coefficient (Wildman–Crippen LogP) is 3.83. The molecule has 1 heterocycles. The first kappa shape index (κ1) is 15.8. The predicted molar refractivity (Wildman–Crippen MR) is 83.5 cm³/mol. The molecule has 116 valence electrons. The zero-order valence-corrected chi connectivity index (χ0v) is 13.4. The van der Waals surface area contributed by atoms with Gasteiger partial charge in [0.1, 0.15) is 0 Å². The number of carbonyl (C=O) groups is 1. The highest BCUT2D eigenvalue weighted by Crippen LogP contribution is 2.42. The summed E-state index contributed by atoms with van der Waals surface area (Å²) in [5.41, 5.74) is -0.124. The summed E-state index contributed by atoms with van der Waals surface area (Å²) in [4.78, 5) is 14.5. The molecule has 20 heavy (non-hydrogen) atoms. The van der Waals surface area contributed by atoms with E-state index >= 15 is 0 Å². The van der Waals surface area contributed by atoms with Crippen molar-refractivity contribution in [1.29, 1.82) is 0 Å². The van der Waals surface area contributed by atoms with Crippen molar-refractivity contribution >= 4 is 5.91 Å². The highest BCUT2D eigenvalue weighted by atomic mass is 16.2. The van der Waals surface area contributed by atoms with Crippen molar-refractivity contribution in [3.05, 3.63) is 0 Å². The summed E-state index contributed by atoms with van der Waals surface area (Å²) < 4.78 is 0. The molecule has 0 aromatic heterocycles. The molecule has 1 atom stereocenters. The van der Waals surface area contributed by atoms with Crippen LogP contribution in [0.3, 0.4) is 0 Å². The van der Waals surface area contributed by atoms with Crippen LogP contribution in [0.5, 0.6) is 0 Å². The molecule has 1 aliphatic carbocycles. The largest absolute Gasteiger partial charge is 0.326 e. The average molecular weight is 280 g/mol. The van der Waals surface area contributed by atoms with Gasteiger partial charge in [0.2, 0.25) is 5.91 Å². The van der Waals surface area contributed by atoms with Crippen LogP contribution in [0.25, 0.3) is 0 Å². The third-order valence-electron chi connectivity index (χ3n) is 4.88. The van der Waals surface area contributed by atoms with Crippen LogP contribution in [0.2, 0.25) is 0 Å². The maximum absolute atomic E-state index is 12.4. The molecule has 0 radical (unpaired) electrons. The lowest BCUT2D eigenvalue weighted by Crippen LogP contribution is -2.37. The zero-order chi connectivity index (χ0) is 14.4. The molecule has 3 heteroatoms. The Kier molecular flexibility index (Phi) is 5.88. The molecule has 1 unspecified atom stereocenters. The van der Waals surface area contributed by atoms with Gasteiger partial charge in [-0.2, -0.15) is 0 Å². The molecule has 2 rings (SSSR count). The zero-order valence-electron chi connectivity index (χ0n) is 13.4. The van der Waals surface area contributed by atoms with Crippen molar-refractivity contribution in [2.75, 3.05) is 6.54 Å². The number of amides is 1. The molecule has 0 aromatic rings. The van der Waals surface area contributed by atoms with Crippen LogP contribution in [0, 0.1) is 0 Å². The molecule has 2 aliphatic rings. The molecule has 3 nitrogen and oxygen atoms in total. The molecular formula is C17H32N2O. The molecule has 0 aromatic carbocycles. The van der Waals surface area contributed by atoms with Gasteiger partial charge in [-0.25, -0.2) is 0 Å². The number of nitrogens with zero attached hydrogens (tertiary/aromatic N) is 1. The number of nitrogens with one attached hydrogen (secondary N) is 1. The number of carbonyl (C=O) groups excluding carboxylic acids is 1. The molecular weight excluding hydrogens is 248 g/mol. The first-order valence-corrected chi connectivity index (χ1v) is 8.82. The normalized spacial score (nSPS) is 23.8. The van der Waals surface area contributed by atoms with Gasteiger partial charge in [-0.15, -0.1) is 0 Å². The van der Waals surface area contributed by atoms with Gasteiger partial charge in [-0.05, 0) is 25.7 Å². The smallest absolute Gasteiger partial charge is 0.244 e. The van der Waals surface area contributed by atoms with E-state index in [4.69, 9.17) is 0 Å². The van der Waals surface area contributed by atoms with Crippen LogP contribution in [0.15, 0.2) is 0 Å². The standard InChI is InChI=1S/C17H32N2O/c1-3-5-6-7-8-9-10-11-14-19-15(4-2)18-17(12-13-17)16(19)20/h15,18H,3-14H2,1-2H3. The second-order valence-electron chi connectivity index (χ2n) is 6.62. The van der Waals surface area contributed by atoms with E-state index in [1.165, 1.54) is 51.4 Å². The van der Waals surface area contributed by atoms with Gasteiger partial charge in [0.15, 0.2) is 0 Å². The van der Waals surface area contributed by atoms with E-state index in [0.29, 0.717) is 12.1 Å². The van der Waals surface area contributed by atoms with E-state index in [1.807, 2.05) is 0 Å². The molecule has 0 bridgehead atoms. The summed E-state index contributed by atoms with van der Waals surface area (Å²) in [7, 11) is 0. The summed E-state index contributed by atoms with van der Waals surface area (Å²) >= 11 is 0. The Hall–Kier alpha value is -0.570. The maximum Gasteiger partial charge on any atom is 0.244 e. The fourth-order valence-electron chi connectivity index (χ4n) is 3.35. The van der Waals surface area contributed by atoms with Crippen LogP contribution in [-0.4, -0.2) is 29.1 Å². The van der Waals surface area contributed by atoms with E-state index < -0.39 is 0 Å². The average Bonchev–Trinajstić information content (AvgIpc) is 3.18. The summed E-state index contributed by atoms with van der Waals surface area (Å²) in [6, 6.07) is 0. The highest BCUT2D eigenvalue weighted by molar-refractivity contribution is 5.91. The molecule has 1 amide bonds. The van der Waals surface area contributed by atoms with Gasteiger partial charge in [-0.3, -0.25) is 10.1 Å². The summed E-state index contributed by atoms with van der Waals surface area (Å²) in [5.74, 6) is 0.382. The van der Waals surface area contributed by atoms with E-state index in [-0.39, 0.29) is 5.54 Å². The van der Waals surface area contributed by atoms with Gasteiger partial charge in [0.05, 0.1) is 11.7 Å². The first-order chi connectivity index (χ1) is 9.73. The van der Waals surface area contributed by atoms with Gasteiger partial charge < -0.3 is 4.90 Å². The van der Waals surface area contributed by atoms with Crippen LogP contribution in [0.1, 0.15) is 84.5 Å². The summed E-state index contributed by atoms with van der Waals surface area (Å²) in [5, 5.41) is 3.54. The molecule has 1 saturated carbocycles. The maximum atomic E-state index is 12.4. The van der Waals surface area contributed by atoms with Gasteiger partial charge in [0.25, 0.3) is 0 Å². The quantitative estimate of drug-likeness (QED) is 0.617. The fraction of sp³-hybridized carbons (Fsp3) is 0.941. The third kappa shape index (κ3) is 3.75. The van der Waals surface area contributed by atoms with Gasteiger partial charge in [-0.1, -0.05) is 58.8 Å². The van der Waals surface area contributed by atoms with Crippen molar-refractivity contribution in [3.63, 3.8) is 0 Å². The number of hydrogen-bond donors (Lipinski definition) is 1. The summed E-state index contributed by atoms with van der Waals surface area (Å²) in [6.45, 7) is 5.39. The van der Waals surface area contributed by atoms with Gasteiger partial charge >= 0.3 is 0 Å². The fourth-order valence-corrected chi connectivity index (χ4v) is 3.35. The Labute approximate surface area is 124 Å². The van der Waals surface area contributed by atoms with Crippen molar-refractivity contribution in [3.8, 4) is 0 Å². The minimum atomic E-state index is -0.124. The lowest BCUT2D eigenvalue weighted by atomic mass is 10.1. The molecule has 1 aliphatic heterocycles. The van der Waals surface area contributed by atoms with Crippen molar-refractivity contribution in [2.45, 2.75) is 96.2 Å². The Balaban J connectivity index is 1.58. The van der Waals surface area contributed by atoms with Crippen molar-refractivity contribution in [1.82, 2.24) is 10.2 Å². The molecule has 2 fully saturated rings. The number of hydrogen-bond acceptors (Lipinski definition) is 2. The lowest BCUT2D eigenvalue weighted by Gasteiger charge is -2.22. The minimum Gasteiger partial charge on any atom is -0.326 e. The second kappa shape index (κ2) is 7.44. The first-order valence-electron chi connectivity index (χ1n) is 8.82. The minimum absolute atomic E-state index is 0.124. The van der Waals surface area contributed by atoms with Crippen LogP contribution >= 0.6 is 0 Å². The molecule has 1 N–H and O–H groups in total. The van der Waals surface area contributed by atoms with E-state index in [9.17, 15) is 4.79 Å². The van der Waals surface area contributed by atoms with Crippen molar-refractivity contribution in [2.24, 2.45) is 0 Å². The van der Waals surface area contributed by atoms with Gasteiger partial charge in [0, 0.05) is 6.54 Å². The van der Waals surface area contributed by atoms with E-state index in [1.54, 1.807) is 0 Å². The molecule has 1 saturated heterocycles. The number of unbranched alkanes of at least 4 members (excludes halogenated alkanes) is 7. The van der Waals surface area contributed by atoms with Crippen molar-refractivity contribution < 1.29 is 4.79 Å². The SMILES string of the molecule is CCCCCCCCCCN1C(=O)C2(CC2)NC1CC.